The van der Waals surface area contributed by atoms with Crippen LogP contribution in [0.1, 0.15) is 25.0 Å². The molecule has 2 aromatic carbocycles. The summed E-state index contributed by atoms with van der Waals surface area (Å²) >= 11 is 0. The summed E-state index contributed by atoms with van der Waals surface area (Å²) in [6, 6.07) is 14.7. The first-order valence-electron chi connectivity index (χ1n) is 8.76. The highest BCUT2D eigenvalue weighted by molar-refractivity contribution is 5.83. The SMILES string of the molecule is CC(CN(C)C(C)CN=Cc1ccccc1O)N=Cc1ccccc1O. The molecule has 0 aromatic heterocycles. The van der Waals surface area contributed by atoms with E-state index in [9.17, 15) is 10.2 Å². The van der Waals surface area contributed by atoms with Gasteiger partial charge < -0.3 is 10.2 Å². The van der Waals surface area contributed by atoms with E-state index in [4.69, 9.17) is 0 Å². The van der Waals surface area contributed by atoms with Gasteiger partial charge in [-0.25, -0.2) is 0 Å². The molecule has 0 heterocycles. The van der Waals surface area contributed by atoms with Crippen LogP contribution in [0, 0.1) is 0 Å². The highest BCUT2D eigenvalue weighted by Gasteiger charge is 2.11. The summed E-state index contributed by atoms with van der Waals surface area (Å²) in [7, 11) is 2.05. The van der Waals surface area contributed by atoms with Crippen molar-refractivity contribution in [1.29, 1.82) is 0 Å². The second kappa shape index (κ2) is 9.73. The van der Waals surface area contributed by atoms with Gasteiger partial charge in [-0.15, -0.1) is 0 Å². The van der Waals surface area contributed by atoms with Crippen molar-refractivity contribution in [1.82, 2.24) is 4.90 Å². The lowest BCUT2D eigenvalue weighted by molar-refractivity contribution is 0.252. The lowest BCUT2D eigenvalue weighted by Crippen LogP contribution is -2.36. The van der Waals surface area contributed by atoms with Crippen molar-refractivity contribution < 1.29 is 10.2 Å². The van der Waals surface area contributed by atoms with Crippen LogP contribution in [0.25, 0.3) is 0 Å². The number of nitrogens with zero attached hydrogens (tertiary/aromatic N) is 3. The molecule has 2 N–H and O–H groups in total. The first-order valence-corrected chi connectivity index (χ1v) is 8.76. The largest absolute Gasteiger partial charge is 0.507 e. The molecule has 2 aromatic rings. The Morgan fingerprint density at radius 1 is 0.923 bits per heavy atom. The predicted molar refractivity (Wildman–Crippen MR) is 108 cm³/mol. The van der Waals surface area contributed by atoms with Gasteiger partial charge in [0.25, 0.3) is 0 Å². The zero-order valence-corrected chi connectivity index (χ0v) is 15.6. The van der Waals surface area contributed by atoms with E-state index in [-0.39, 0.29) is 23.6 Å². The fraction of sp³-hybridized carbons (Fsp3) is 0.333. The number of hydrogen-bond donors (Lipinski definition) is 2. The van der Waals surface area contributed by atoms with Gasteiger partial charge >= 0.3 is 0 Å². The summed E-state index contributed by atoms with van der Waals surface area (Å²) in [6.07, 6.45) is 3.42. The molecule has 2 rings (SSSR count). The van der Waals surface area contributed by atoms with E-state index in [0.29, 0.717) is 6.54 Å². The first-order chi connectivity index (χ1) is 12.5. The molecule has 26 heavy (non-hydrogen) atoms. The molecule has 0 aliphatic rings. The van der Waals surface area contributed by atoms with E-state index < -0.39 is 0 Å². The number of rotatable bonds is 8. The Bertz CT molecular complexity index is 758. The summed E-state index contributed by atoms with van der Waals surface area (Å²) in [5, 5.41) is 19.5. The predicted octanol–water partition coefficient (Wildman–Crippen LogP) is 3.34. The maximum absolute atomic E-state index is 9.77. The van der Waals surface area contributed by atoms with Crippen molar-refractivity contribution >= 4 is 12.4 Å². The number of hydrogen-bond acceptors (Lipinski definition) is 5. The molecule has 0 amide bonds. The maximum Gasteiger partial charge on any atom is 0.124 e. The molecule has 0 spiro atoms. The Hall–Kier alpha value is -2.66. The van der Waals surface area contributed by atoms with Gasteiger partial charge in [0.2, 0.25) is 0 Å². The number of aliphatic imine (C=N–C) groups is 2. The molecule has 5 nitrogen and oxygen atoms in total. The van der Waals surface area contributed by atoms with Crippen LogP contribution in [0.5, 0.6) is 11.5 Å². The van der Waals surface area contributed by atoms with Crippen LogP contribution in [-0.4, -0.2) is 59.8 Å². The zero-order chi connectivity index (χ0) is 18.9. The van der Waals surface area contributed by atoms with Gasteiger partial charge in [0.05, 0.1) is 12.6 Å². The molecule has 0 fully saturated rings. The Labute approximate surface area is 155 Å². The van der Waals surface area contributed by atoms with Crippen molar-refractivity contribution in [3.8, 4) is 11.5 Å². The third kappa shape index (κ3) is 6.01. The lowest BCUT2D eigenvalue weighted by atomic mass is 10.2. The van der Waals surface area contributed by atoms with Crippen LogP contribution in [0.15, 0.2) is 58.5 Å². The molecule has 0 aliphatic heterocycles. The second-order valence-corrected chi connectivity index (χ2v) is 6.53. The van der Waals surface area contributed by atoms with Gasteiger partial charge in [0.1, 0.15) is 11.5 Å². The van der Waals surface area contributed by atoms with Crippen LogP contribution in [0.4, 0.5) is 0 Å². The van der Waals surface area contributed by atoms with Crippen molar-refractivity contribution in [2.45, 2.75) is 25.9 Å². The average Bonchev–Trinajstić information content (AvgIpc) is 2.62. The summed E-state index contributed by atoms with van der Waals surface area (Å²) < 4.78 is 0. The lowest BCUT2D eigenvalue weighted by Gasteiger charge is -2.25. The minimum atomic E-state index is 0.101. The number of aromatic hydroxyl groups is 2. The molecule has 0 bridgehead atoms. The molecule has 5 heteroatoms. The summed E-state index contributed by atoms with van der Waals surface area (Å²) in [4.78, 5) is 11.2. The Balaban J connectivity index is 1.83. The van der Waals surface area contributed by atoms with Crippen LogP contribution >= 0.6 is 0 Å². The zero-order valence-electron chi connectivity index (χ0n) is 15.6. The molecule has 2 unspecified atom stereocenters. The van der Waals surface area contributed by atoms with Crippen LogP contribution < -0.4 is 0 Å². The smallest absolute Gasteiger partial charge is 0.124 e. The Morgan fingerprint density at radius 3 is 2.04 bits per heavy atom. The third-order valence-electron chi connectivity index (χ3n) is 4.25. The first kappa shape index (κ1) is 19.7. The van der Waals surface area contributed by atoms with Crippen LogP contribution in [0.2, 0.25) is 0 Å². The molecule has 0 radical (unpaired) electrons. The van der Waals surface area contributed by atoms with Gasteiger partial charge in [-0.2, -0.15) is 0 Å². The summed E-state index contributed by atoms with van der Waals surface area (Å²) in [6.45, 7) is 5.59. The Morgan fingerprint density at radius 2 is 1.46 bits per heavy atom. The van der Waals surface area contributed by atoms with Gasteiger partial charge in [0, 0.05) is 36.1 Å². The highest BCUT2D eigenvalue weighted by Crippen LogP contribution is 2.14. The van der Waals surface area contributed by atoms with Gasteiger partial charge in [-0.3, -0.25) is 14.9 Å². The maximum atomic E-state index is 9.77. The van der Waals surface area contributed by atoms with Crippen molar-refractivity contribution in [3.05, 3.63) is 59.7 Å². The van der Waals surface area contributed by atoms with Gasteiger partial charge in [0.15, 0.2) is 0 Å². The average molecular weight is 353 g/mol. The minimum absolute atomic E-state index is 0.101. The van der Waals surface area contributed by atoms with Crippen molar-refractivity contribution in [3.63, 3.8) is 0 Å². The van der Waals surface area contributed by atoms with E-state index in [0.717, 1.165) is 17.7 Å². The van der Waals surface area contributed by atoms with Crippen molar-refractivity contribution in [2.75, 3.05) is 20.1 Å². The van der Waals surface area contributed by atoms with Crippen LogP contribution in [0.3, 0.4) is 0 Å². The quantitative estimate of drug-likeness (QED) is 0.715. The third-order valence-corrected chi connectivity index (χ3v) is 4.25. The molecule has 0 saturated heterocycles. The molecule has 138 valence electrons. The molecule has 0 aliphatic carbocycles. The summed E-state index contributed by atoms with van der Waals surface area (Å²) in [5.41, 5.74) is 1.45. The number of benzene rings is 2. The standard InChI is InChI=1S/C21H27N3O2/c1-16(23-14-19-9-5-7-11-21(19)26)15-24(3)17(2)12-22-13-18-8-4-6-10-20(18)25/h4-11,13-14,16-17,25-26H,12,15H2,1-3H3. The fourth-order valence-corrected chi connectivity index (χ4v) is 2.49. The van der Waals surface area contributed by atoms with Gasteiger partial charge in [-0.1, -0.05) is 24.3 Å². The number of para-hydroxylation sites is 2. The molecular weight excluding hydrogens is 326 g/mol. The van der Waals surface area contributed by atoms with Gasteiger partial charge in [-0.05, 0) is 45.2 Å². The van der Waals surface area contributed by atoms with E-state index >= 15 is 0 Å². The number of likely N-dealkylation sites (N-methyl/N-ethyl adjacent to an activating group) is 1. The highest BCUT2D eigenvalue weighted by atomic mass is 16.3. The Kier molecular flexibility index (Phi) is 7.36. The molecule has 0 saturated carbocycles. The van der Waals surface area contributed by atoms with E-state index in [2.05, 4.69) is 21.8 Å². The topological polar surface area (TPSA) is 68.4 Å². The summed E-state index contributed by atoms with van der Waals surface area (Å²) in [5.74, 6) is 0.480. The minimum Gasteiger partial charge on any atom is -0.507 e. The van der Waals surface area contributed by atoms with E-state index in [1.54, 1.807) is 36.7 Å². The monoisotopic (exact) mass is 353 g/mol. The van der Waals surface area contributed by atoms with Crippen LogP contribution in [-0.2, 0) is 0 Å². The van der Waals surface area contributed by atoms with Crippen molar-refractivity contribution in [2.24, 2.45) is 9.98 Å². The molecular formula is C21H27N3O2. The van der Waals surface area contributed by atoms with E-state index in [1.807, 2.05) is 38.2 Å². The number of phenols is 2. The molecule has 2 atom stereocenters. The number of phenolic OH excluding ortho intramolecular Hbond substituents is 2. The van der Waals surface area contributed by atoms with E-state index in [1.165, 1.54) is 0 Å². The fourth-order valence-electron chi connectivity index (χ4n) is 2.49. The normalized spacial score (nSPS) is 14.3. The second-order valence-electron chi connectivity index (χ2n) is 6.53.